The predicted molar refractivity (Wildman–Crippen MR) is 72.4 cm³/mol. The molecule has 0 heterocycles. The lowest BCUT2D eigenvalue weighted by atomic mass is 10.1. The fraction of sp³-hybridized carbons (Fsp3) is 0.500. The van der Waals surface area contributed by atoms with Gasteiger partial charge in [0.15, 0.2) is 0 Å². The first kappa shape index (κ1) is 16.3. The number of rotatable bonds is 6. The van der Waals surface area contributed by atoms with Crippen LogP contribution in [0.2, 0.25) is 0 Å². The van der Waals surface area contributed by atoms with Crippen LogP contribution in [0.15, 0.2) is 24.3 Å². The summed E-state index contributed by atoms with van der Waals surface area (Å²) >= 11 is 0. The van der Waals surface area contributed by atoms with Gasteiger partial charge >= 0.3 is 6.18 Å². The predicted octanol–water partition coefficient (Wildman–Crippen LogP) is 3.42. The Morgan fingerprint density at radius 1 is 1.25 bits per heavy atom. The van der Waals surface area contributed by atoms with Crippen molar-refractivity contribution < 1.29 is 18.0 Å². The third kappa shape index (κ3) is 5.11. The van der Waals surface area contributed by atoms with Gasteiger partial charge in [-0.25, -0.2) is 0 Å². The summed E-state index contributed by atoms with van der Waals surface area (Å²) in [6.07, 6.45) is -2.73. The molecule has 0 aromatic heterocycles. The van der Waals surface area contributed by atoms with Crippen LogP contribution >= 0.6 is 0 Å². The molecule has 1 rings (SSSR count). The largest absolute Gasteiger partial charge is 0.416 e. The summed E-state index contributed by atoms with van der Waals surface area (Å²) in [7, 11) is 0. The van der Waals surface area contributed by atoms with E-state index in [4.69, 9.17) is 0 Å². The number of nitrogens with one attached hydrogen (secondary N) is 2. The van der Waals surface area contributed by atoms with Gasteiger partial charge in [-0.05, 0) is 31.0 Å². The van der Waals surface area contributed by atoms with E-state index >= 15 is 0 Å². The van der Waals surface area contributed by atoms with E-state index in [1.807, 2.05) is 13.8 Å². The van der Waals surface area contributed by atoms with Gasteiger partial charge in [-0.3, -0.25) is 4.79 Å². The van der Waals surface area contributed by atoms with Crippen LogP contribution in [0.3, 0.4) is 0 Å². The molecule has 0 unspecified atom stereocenters. The maximum absolute atomic E-state index is 12.5. The molecule has 1 aromatic carbocycles. The van der Waals surface area contributed by atoms with Crippen molar-refractivity contribution in [3.63, 3.8) is 0 Å². The topological polar surface area (TPSA) is 41.1 Å². The fourth-order valence-corrected chi connectivity index (χ4v) is 1.76. The molecular weight excluding hydrogens is 269 g/mol. The summed E-state index contributed by atoms with van der Waals surface area (Å²) in [6, 6.07) is 4.90. The quantitative estimate of drug-likeness (QED) is 0.842. The molecule has 0 saturated carbocycles. The number of alkyl halides is 3. The SMILES string of the molecule is CCC(CC)NC(=O)CNc1cccc(C(F)(F)F)c1. The fourth-order valence-electron chi connectivity index (χ4n) is 1.76. The zero-order valence-electron chi connectivity index (χ0n) is 11.6. The first-order valence-electron chi connectivity index (χ1n) is 6.57. The minimum absolute atomic E-state index is 0.0438. The molecule has 0 spiro atoms. The van der Waals surface area contributed by atoms with Gasteiger partial charge in [0.2, 0.25) is 5.91 Å². The van der Waals surface area contributed by atoms with Crippen LogP contribution in [0.4, 0.5) is 18.9 Å². The molecule has 1 aromatic rings. The van der Waals surface area contributed by atoms with Crippen molar-refractivity contribution in [2.75, 3.05) is 11.9 Å². The number of halogens is 3. The Morgan fingerprint density at radius 2 is 1.90 bits per heavy atom. The van der Waals surface area contributed by atoms with E-state index in [0.29, 0.717) is 0 Å². The van der Waals surface area contributed by atoms with Crippen molar-refractivity contribution in [2.45, 2.75) is 38.9 Å². The number of hydrogen-bond donors (Lipinski definition) is 2. The summed E-state index contributed by atoms with van der Waals surface area (Å²) in [5, 5.41) is 5.51. The van der Waals surface area contributed by atoms with Gasteiger partial charge in [-0.15, -0.1) is 0 Å². The van der Waals surface area contributed by atoms with E-state index in [9.17, 15) is 18.0 Å². The Bertz CT molecular complexity index is 442. The molecule has 3 nitrogen and oxygen atoms in total. The monoisotopic (exact) mass is 288 g/mol. The van der Waals surface area contributed by atoms with Crippen molar-refractivity contribution in [1.82, 2.24) is 5.32 Å². The minimum Gasteiger partial charge on any atom is -0.376 e. The number of carbonyl (C=O) groups excluding carboxylic acids is 1. The average molecular weight is 288 g/mol. The summed E-state index contributed by atoms with van der Waals surface area (Å²) in [4.78, 5) is 11.6. The van der Waals surface area contributed by atoms with Crippen LogP contribution in [0.25, 0.3) is 0 Å². The van der Waals surface area contributed by atoms with E-state index in [0.717, 1.165) is 25.0 Å². The summed E-state index contributed by atoms with van der Waals surface area (Å²) in [6.45, 7) is 3.89. The first-order valence-corrected chi connectivity index (χ1v) is 6.57. The number of anilines is 1. The van der Waals surface area contributed by atoms with Crippen molar-refractivity contribution in [1.29, 1.82) is 0 Å². The summed E-state index contributed by atoms with van der Waals surface area (Å²) in [5.74, 6) is -0.226. The van der Waals surface area contributed by atoms with Crippen molar-refractivity contribution >= 4 is 11.6 Å². The number of carbonyl (C=O) groups is 1. The van der Waals surface area contributed by atoms with Gasteiger partial charge in [-0.1, -0.05) is 19.9 Å². The zero-order chi connectivity index (χ0) is 15.2. The molecule has 0 aliphatic carbocycles. The van der Waals surface area contributed by atoms with E-state index in [1.165, 1.54) is 12.1 Å². The Balaban J connectivity index is 2.56. The number of amides is 1. The molecule has 0 aliphatic rings. The van der Waals surface area contributed by atoms with Crippen molar-refractivity contribution in [3.8, 4) is 0 Å². The molecule has 1 amide bonds. The number of benzene rings is 1. The second-order valence-corrected chi connectivity index (χ2v) is 4.51. The molecule has 2 N–H and O–H groups in total. The molecular formula is C14H19F3N2O. The third-order valence-electron chi connectivity index (χ3n) is 2.99. The van der Waals surface area contributed by atoms with Gasteiger partial charge in [0, 0.05) is 11.7 Å². The molecule has 0 atom stereocenters. The standard InChI is InChI=1S/C14H19F3N2O/c1-3-11(4-2)19-13(20)9-18-12-7-5-6-10(8-12)14(15,16)17/h5-8,11,18H,3-4,9H2,1-2H3,(H,19,20). The van der Waals surface area contributed by atoms with E-state index in [-0.39, 0.29) is 24.2 Å². The molecule has 0 aliphatic heterocycles. The highest BCUT2D eigenvalue weighted by Crippen LogP contribution is 2.30. The third-order valence-corrected chi connectivity index (χ3v) is 2.99. The molecule has 0 bridgehead atoms. The van der Waals surface area contributed by atoms with Crippen molar-refractivity contribution in [3.05, 3.63) is 29.8 Å². The van der Waals surface area contributed by atoms with E-state index < -0.39 is 11.7 Å². The van der Waals surface area contributed by atoms with Gasteiger partial charge in [-0.2, -0.15) is 13.2 Å². The van der Waals surface area contributed by atoms with Crippen LogP contribution in [0.5, 0.6) is 0 Å². The highest BCUT2D eigenvalue weighted by Gasteiger charge is 2.30. The van der Waals surface area contributed by atoms with Gasteiger partial charge in [0.05, 0.1) is 12.1 Å². The smallest absolute Gasteiger partial charge is 0.376 e. The lowest BCUT2D eigenvalue weighted by Crippen LogP contribution is -2.37. The highest BCUT2D eigenvalue weighted by atomic mass is 19.4. The van der Waals surface area contributed by atoms with Gasteiger partial charge in [0.1, 0.15) is 0 Å². The normalized spacial score (nSPS) is 11.5. The van der Waals surface area contributed by atoms with Crippen LogP contribution in [0.1, 0.15) is 32.3 Å². The van der Waals surface area contributed by atoms with Crippen LogP contribution in [0, 0.1) is 0 Å². The van der Waals surface area contributed by atoms with Crippen LogP contribution in [-0.4, -0.2) is 18.5 Å². The molecule has 20 heavy (non-hydrogen) atoms. The van der Waals surface area contributed by atoms with Crippen molar-refractivity contribution in [2.24, 2.45) is 0 Å². The number of hydrogen-bond acceptors (Lipinski definition) is 2. The first-order chi connectivity index (χ1) is 9.36. The molecule has 6 heteroatoms. The Hall–Kier alpha value is -1.72. The average Bonchev–Trinajstić information content (AvgIpc) is 2.42. The maximum atomic E-state index is 12.5. The molecule has 0 saturated heterocycles. The zero-order valence-corrected chi connectivity index (χ0v) is 11.6. The lowest BCUT2D eigenvalue weighted by molar-refractivity contribution is -0.137. The summed E-state index contributed by atoms with van der Waals surface area (Å²) in [5.41, 5.74) is -0.456. The molecule has 0 fully saturated rings. The Kier molecular flexibility index (Phi) is 5.85. The van der Waals surface area contributed by atoms with Gasteiger partial charge in [0.25, 0.3) is 0 Å². The lowest BCUT2D eigenvalue weighted by Gasteiger charge is -2.15. The maximum Gasteiger partial charge on any atom is 0.416 e. The highest BCUT2D eigenvalue weighted by molar-refractivity contribution is 5.81. The minimum atomic E-state index is -4.38. The second-order valence-electron chi connectivity index (χ2n) is 4.51. The van der Waals surface area contributed by atoms with Crippen LogP contribution < -0.4 is 10.6 Å². The molecule has 0 radical (unpaired) electrons. The Labute approximate surface area is 116 Å². The van der Waals surface area contributed by atoms with Gasteiger partial charge < -0.3 is 10.6 Å². The Morgan fingerprint density at radius 3 is 2.45 bits per heavy atom. The molecule has 112 valence electrons. The summed E-state index contributed by atoms with van der Waals surface area (Å²) < 4.78 is 37.6. The van der Waals surface area contributed by atoms with Crippen LogP contribution in [-0.2, 0) is 11.0 Å². The van der Waals surface area contributed by atoms with E-state index in [1.54, 1.807) is 0 Å². The van der Waals surface area contributed by atoms with E-state index in [2.05, 4.69) is 10.6 Å². The second kappa shape index (κ2) is 7.17.